The van der Waals surface area contributed by atoms with Crippen LogP contribution in [0.1, 0.15) is 21.7 Å². The van der Waals surface area contributed by atoms with Crippen molar-refractivity contribution in [3.63, 3.8) is 0 Å². The molecule has 0 radical (unpaired) electrons. The van der Waals surface area contributed by atoms with Crippen LogP contribution in [0, 0.1) is 11.6 Å². The lowest BCUT2D eigenvalue weighted by Crippen LogP contribution is -2.15. The molecule has 0 saturated heterocycles. The van der Waals surface area contributed by atoms with Crippen molar-refractivity contribution < 1.29 is 39.9 Å². The fourth-order valence-electron chi connectivity index (χ4n) is 2.48. The van der Waals surface area contributed by atoms with Crippen molar-refractivity contribution in [3.8, 4) is 5.69 Å². The summed E-state index contributed by atoms with van der Waals surface area (Å²) in [7, 11) is 0. The minimum absolute atomic E-state index is 0.0427. The van der Waals surface area contributed by atoms with E-state index in [1.807, 2.05) is 5.32 Å². The number of carbonyl (C=O) groups excluding carboxylic acids is 1. The Labute approximate surface area is 162 Å². The van der Waals surface area contributed by atoms with Crippen molar-refractivity contribution in [2.24, 2.45) is 0 Å². The van der Waals surface area contributed by atoms with Crippen LogP contribution in [0.2, 0.25) is 0 Å². The number of hydrogen-bond acceptors (Lipinski definition) is 2. The SMILES string of the molecule is O=C(Nc1c(F)cccc1F)c1ccc(-n2nc(C(F)(F)F)cc2C(F)(F)F)cc1. The summed E-state index contributed by atoms with van der Waals surface area (Å²) in [6.45, 7) is 0. The molecular formula is C18H9F8N3O. The van der Waals surface area contributed by atoms with E-state index in [1.165, 1.54) is 0 Å². The molecule has 2 aromatic carbocycles. The Morgan fingerprint density at radius 3 is 1.93 bits per heavy atom. The molecule has 0 bridgehead atoms. The monoisotopic (exact) mass is 435 g/mol. The van der Waals surface area contributed by atoms with E-state index in [4.69, 9.17) is 0 Å². The summed E-state index contributed by atoms with van der Waals surface area (Å²) in [6, 6.07) is 6.50. The fraction of sp³-hybridized carbons (Fsp3) is 0.111. The summed E-state index contributed by atoms with van der Waals surface area (Å²) in [4.78, 5) is 12.1. The molecule has 3 aromatic rings. The Hall–Kier alpha value is -3.44. The van der Waals surface area contributed by atoms with Crippen molar-refractivity contribution in [1.29, 1.82) is 0 Å². The zero-order valence-corrected chi connectivity index (χ0v) is 14.4. The molecule has 0 aliphatic heterocycles. The summed E-state index contributed by atoms with van der Waals surface area (Å²) in [5.41, 5.74) is -4.76. The lowest BCUT2D eigenvalue weighted by Gasteiger charge is -2.11. The van der Waals surface area contributed by atoms with E-state index in [2.05, 4.69) is 5.10 Å². The van der Waals surface area contributed by atoms with Crippen molar-refractivity contribution in [2.75, 3.05) is 5.32 Å². The van der Waals surface area contributed by atoms with Gasteiger partial charge in [0.2, 0.25) is 0 Å². The van der Waals surface area contributed by atoms with Crippen LogP contribution in [-0.4, -0.2) is 15.7 Å². The Bertz CT molecular complexity index is 1060. The number of rotatable bonds is 3. The summed E-state index contributed by atoms with van der Waals surface area (Å²) >= 11 is 0. The van der Waals surface area contributed by atoms with Crippen molar-refractivity contribution in [3.05, 3.63) is 77.1 Å². The Morgan fingerprint density at radius 1 is 0.867 bits per heavy atom. The fourth-order valence-corrected chi connectivity index (χ4v) is 2.48. The number of halogens is 8. The van der Waals surface area contributed by atoms with E-state index in [1.54, 1.807) is 0 Å². The van der Waals surface area contributed by atoms with Crippen LogP contribution in [-0.2, 0) is 12.4 Å². The van der Waals surface area contributed by atoms with Gasteiger partial charge in [-0.3, -0.25) is 4.79 Å². The molecule has 1 heterocycles. The highest BCUT2D eigenvalue weighted by Gasteiger charge is 2.42. The number of benzene rings is 2. The van der Waals surface area contributed by atoms with Gasteiger partial charge in [0.1, 0.15) is 23.0 Å². The van der Waals surface area contributed by atoms with E-state index in [0.29, 0.717) is 0 Å². The van der Waals surface area contributed by atoms with Crippen LogP contribution < -0.4 is 5.32 Å². The molecule has 0 unspecified atom stereocenters. The Morgan fingerprint density at radius 2 is 1.43 bits per heavy atom. The molecule has 0 atom stereocenters. The first-order valence-corrected chi connectivity index (χ1v) is 7.98. The molecule has 3 rings (SSSR count). The Balaban J connectivity index is 1.92. The normalized spacial score (nSPS) is 12.1. The number of hydrogen-bond donors (Lipinski definition) is 1. The van der Waals surface area contributed by atoms with Gasteiger partial charge in [0.25, 0.3) is 5.91 Å². The predicted molar refractivity (Wildman–Crippen MR) is 87.9 cm³/mol. The van der Waals surface area contributed by atoms with Gasteiger partial charge in [-0.05, 0) is 36.4 Å². The van der Waals surface area contributed by atoms with Gasteiger partial charge >= 0.3 is 12.4 Å². The number of alkyl halides is 6. The largest absolute Gasteiger partial charge is 0.435 e. The van der Waals surface area contributed by atoms with Gasteiger partial charge < -0.3 is 5.32 Å². The number of aromatic nitrogens is 2. The summed E-state index contributed by atoms with van der Waals surface area (Å²) in [5, 5.41) is 4.93. The maximum atomic E-state index is 13.6. The first-order valence-electron chi connectivity index (χ1n) is 7.98. The molecule has 1 amide bonds. The van der Waals surface area contributed by atoms with E-state index in [9.17, 15) is 39.9 Å². The molecule has 0 fully saturated rings. The lowest BCUT2D eigenvalue weighted by atomic mass is 10.2. The first-order chi connectivity index (χ1) is 13.9. The zero-order valence-electron chi connectivity index (χ0n) is 14.4. The maximum absolute atomic E-state index is 13.6. The van der Waals surface area contributed by atoms with Gasteiger partial charge in [0.05, 0.1) is 5.69 Å². The van der Waals surface area contributed by atoms with Crippen molar-refractivity contribution in [1.82, 2.24) is 9.78 Å². The second-order valence-electron chi connectivity index (χ2n) is 5.92. The van der Waals surface area contributed by atoms with Crippen LogP contribution in [0.25, 0.3) is 5.69 Å². The molecule has 4 nitrogen and oxygen atoms in total. The zero-order chi connectivity index (χ0) is 22.3. The number of nitrogens with one attached hydrogen (secondary N) is 1. The van der Waals surface area contributed by atoms with Crippen LogP contribution in [0.3, 0.4) is 0 Å². The van der Waals surface area contributed by atoms with Gasteiger partial charge in [0, 0.05) is 11.6 Å². The first kappa shape index (κ1) is 21.3. The number of nitrogens with zero attached hydrogens (tertiary/aromatic N) is 2. The standard InChI is InChI=1S/C18H9F8N3O/c19-11-2-1-3-12(20)15(11)27-16(30)9-4-6-10(7-5-9)29-14(18(24,25)26)8-13(28-29)17(21,22)23/h1-8H,(H,27,30). The third-order valence-corrected chi connectivity index (χ3v) is 3.87. The van der Waals surface area contributed by atoms with Crippen molar-refractivity contribution >= 4 is 11.6 Å². The second kappa shape index (κ2) is 7.43. The van der Waals surface area contributed by atoms with Gasteiger partial charge in [-0.2, -0.15) is 31.4 Å². The highest BCUT2D eigenvalue weighted by molar-refractivity contribution is 6.04. The van der Waals surface area contributed by atoms with E-state index in [0.717, 1.165) is 42.5 Å². The quantitative estimate of drug-likeness (QED) is 0.557. The van der Waals surface area contributed by atoms with Gasteiger partial charge in [-0.1, -0.05) is 6.07 Å². The van der Waals surface area contributed by atoms with Crippen LogP contribution in [0.4, 0.5) is 40.8 Å². The average molecular weight is 435 g/mol. The third-order valence-electron chi connectivity index (χ3n) is 3.87. The smallest absolute Gasteiger partial charge is 0.317 e. The molecular weight excluding hydrogens is 426 g/mol. The highest BCUT2D eigenvalue weighted by Crippen LogP contribution is 2.36. The summed E-state index contributed by atoms with van der Waals surface area (Å²) in [5.74, 6) is -3.09. The van der Waals surface area contributed by atoms with Crippen molar-refractivity contribution in [2.45, 2.75) is 12.4 Å². The second-order valence-corrected chi connectivity index (χ2v) is 5.92. The van der Waals surface area contributed by atoms with Gasteiger partial charge in [-0.15, -0.1) is 0 Å². The molecule has 0 aliphatic rings. The molecule has 1 aromatic heterocycles. The van der Waals surface area contributed by atoms with E-state index in [-0.39, 0.29) is 16.3 Å². The van der Waals surface area contributed by atoms with Crippen LogP contribution in [0.5, 0.6) is 0 Å². The minimum Gasteiger partial charge on any atom is -0.317 e. The number of carbonyl (C=O) groups is 1. The highest BCUT2D eigenvalue weighted by atomic mass is 19.4. The predicted octanol–water partition coefficient (Wildman–Crippen LogP) is 5.44. The molecule has 0 spiro atoms. The molecule has 0 aliphatic carbocycles. The number of para-hydroxylation sites is 1. The van der Waals surface area contributed by atoms with E-state index < -0.39 is 52.7 Å². The molecule has 0 saturated carbocycles. The summed E-state index contributed by atoms with van der Waals surface area (Å²) in [6.07, 6.45) is -10.2. The van der Waals surface area contributed by atoms with Crippen LogP contribution in [0.15, 0.2) is 48.5 Å². The van der Waals surface area contributed by atoms with Gasteiger partial charge in [-0.25, -0.2) is 13.5 Å². The molecule has 30 heavy (non-hydrogen) atoms. The topological polar surface area (TPSA) is 46.9 Å². The maximum Gasteiger partial charge on any atom is 0.435 e. The number of anilines is 1. The number of amides is 1. The minimum atomic E-state index is -5.13. The third kappa shape index (κ3) is 4.26. The summed E-state index contributed by atoms with van der Waals surface area (Å²) < 4.78 is 105. The van der Waals surface area contributed by atoms with Gasteiger partial charge in [0.15, 0.2) is 5.69 Å². The average Bonchev–Trinajstić information content (AvgIpc) is 3.11. The lowest BCUT2D eigenvalue weighted by molar-refractivity contribution is -0.143. The Kier molecular flexibility index (Phi) is 5.27. The van der Waals surface area contributed by atoms with E-state index >= 15 is 0 Å². The molecule has 12 heteroatoms. The molecule has 158 valence electrons. The van der Waals surface area contributed by atoms with Crippen LogP contribution >= 0.6 is 0 Å². The molecule has 1 N–H and O–H groups in total.